The van der Waals surface area contributed by atoms with Crippen LogP contribution in [0.1, 0.15) is 32.8 Å². The maximum absolute atomic E-state index is 6.24. The third-order valence-corrected chi connectivity index (χ3v) is 3.88. The summed E-state index contributed by atoms with van der Waals surface area (Å²) in [5, 5.41) is 4.17. The monoisotopic (exact) mass is 297 g/mol. The molecule has 0 amide bonds. The van der Waals surface area contributed by atoms with Crippen LogP contribution in [-0.2, 0) is 11.3 Å². The topological polar surface area (TPSA) is 37.4 Å². The molecule has 1 aliphatic heterocycles. The van der Waals surface area contributed by atoms with Crippen LogP contribution in [0.4, 0.5) is 5.82 Å². The molecule has 0 saturated carbocycles. The quantitative estimate of drug-likeness (QED) is 0.927. The Bertz CT molecular complexity index is 453. The van der Waals surface area contributed by atoms with Crippen molar-refractivity contribution in [1.82, 2.24) is 10.3 Å². The van der Waals surface area contributed by atoms with E-state index in [1.165, 1.54) is 0 Å². The average molecular weight is 298 g/mol. The second-order valence-corrected chi connectivity index (χ2v) is 6.77. The largest absolute Gasteiger partial charge is 0.379 e. The molecule has 1 aliphatic rings. The van der Waals surface area contributed by atoms with E-state index in [1.54, 1.807) is 6.20 Å². The fourth-order valence-corrected chi connectivity index (χ4v) is 2.34. The standard InChI is InChI=1S/C15H24ClN3O/c1-15(2,3)18-8-11-7-14(17-9-13(11)16)19(4)12-5-6-20-10-12/h7,9,12,18H,5-6,8,10H2,1-4H3. The average Bonchev–Trinajstić information content (AvgIpc) is 2.90. The molecule has 0 spiro atoms. The first-order valence-corrected chi connectivity index (χ1v) is 7.44. The normalized spacial score (nSPS) is 19.4. The summed E-state index contributed by atoms with van der Waals surface area (Å²) in [5.74, 6) is 0.954. The summed E-state index contributed by atoms with van der Waals surface area (Å²) in [5.41, 5.74) is 1.15. The van der Waals surface area contributed by atoms with Crippen molar-refractivity contribution in [2.75, 3.05) is 25.2 Å². The van der Waals surface area contributed by atoms with E-state index >= 15 is 0 Å². The van der Waals surface area contributed by atoms with Gasteiger partial charge in [-0.05, 0) is 38.8 Å². The van der Waals surface area contributed by atoms with Crippen LogP contribution >= 0.6 is 11.6 Å². The lowest BCUT2D eigenvalue weighted by molar-refractivity contribution is 0.193. The molecule has 1 aromatic heterocycles. The molecule has 1 aromatic rings. The number of halogens is 1. The number of aromatic nitrogens is 1. The summed E-state index contributed by atoms with van der Waals surface area (Å²) < 4.78 is 5.44. The van der Waals surface area contributed by atoms with Crippen molar-refractivity contribution in [1.29, 1.82) is 0 Å². The first-order valence-electron chi connectivity index (χ1n) is 7.07. The zero-order valence-corrected chi connectivity index (χ0v) is 13.5. The van der Waals surface area contributed by atoms with Crippen LogP contribution in [0, 0.1) is 0 Å². The SMILES string of the molecule is CN(c1cc(CNC(C)(C)C)c(Cl)cn1)C1CCOC1. The van der Waals surface area contributed by atoms with Crippen LogP contribution in [0.5, 0.6) is 0 Å². The van der Waals surface area contributed by atoms with Crippen LogP contribution < -0.4 is 10.2 Å². The van der Waals surface area contributed by atoms with Gasteiger partial charge in [-0.1, -0.05) is 11.6 Å². The Morgan fingerprint density at radius 1 is 1.50 bits per heavy atom. The van der Waals surface area contributed by atoms with E-state index in [9.17, 15) is 0 Å². The lowest BCUT2D eigenvalue weighted by atomic mass is 10.1. The van der Waals surface area contributed by atoms with Crippen molar-refractivity contribution in [3.05, 3.63) is 22.8 Å². The van der Waals surface area contributed by atoms with Gasteiger partial charge in [0.25, 0.3) is 0 Å². The van der Waals surface area contributed by atoms with Gasteiger partial charge in [-0.15, -0.1) is 0 Å². The van der Waals surface area contributed by atoms with E-state index in [0.717, 1.165) is 37.6 Å². The zero-order chi connectivity index (χ0) is 14.8. The summed E-state index contributed by atoms with van der Waals surface area (Å²) in [6.45, 7) is 8.78. The number of hydrogen-bond donors (Lipinski definition) is 1. The first-order chi connectivity index (χ1) is 9.37. The van der Waals surface area contributed by atoms with Gasteiger partial charge in [0.1, 0.15) is 5.82 Å². The van der Waals surface area contributed by atoms with Crippen molar-refractivity contribution >= 4 is 17.4 Å². The summed E-state index contributed by atoms with van der Waals surface area (Å²) >= 11 is 6.24. The highest BCUT2D eigenvalue weighted by Crippen LogP contribution is 2.23. The smallest absolute Gasteiger partial charge is 0.128 e. The van der Waals surface area contributed by atoms with Gasteiger partial charge in [0.15, 0.2) is 0 Å². The number of likely N-dealkylation sites (N-methyl/N-ethyl adjacent to an activating group) is 1. The Balaban J connectivity index is 2.11. The second-order valence-electron chi connectivity index (χ2n) is 6.37. The van der Waals surface area contributed by atoms with Crippen LogP contribution in [-0.4, -0.2) is 36.8 Å². The third-order valence-electron chi connectivity index (χ3n) is 3.54. The number of rotatable bonds is 4. The minimum Gasteiger partial charge on any atom is -0.379 e. The van der Waals surface area contributed by atoms with Gasteiger partial charge >= 0.3 is 0 Å². The summed E-state index contributed by atoms with van der Waals surface area (Å²) in [4.78, 5) is 6.62. The maximum atomic E-state index is 6.24. The van der Waals surface area contributed by atoms with Gasteiger partial charge in [0.05, 0.1) is 17.7 Å². The fourth-order valence-electron chi connectivity index (χ4n) is 2.17. The lowest BCUT2D eigenvalue weighted by Crippen LogP contribution is -2.35. The summed E-state index contributed by atoms with van der Waals surface area (Å²) in [6, 6.07) is 2.48. The summed E-state index contributed by atoms with van der Waals surface area (Å²) in [7, 11) is 2.07. The number of hydrogen-bond acceptors (Lipinski definition) is 4. The van der Waals surface area contributed by atoms with Crippen molar-refractivity contribution in [2.45, 2.75) is 45.3 Å². The van der Waals surface area contributed by atoms with Crippen molar-refractivity contribution in [3.8, 4) is 0 Å². The Kier molecular flexibility index (Phi) is 4.89. The summed E-state index contributed by atoms with van der Waals surface area (Å²) in [6.07, 6.45) is 2.79. The van der Waals surface area contributed by atoms with Gasteiger partial charge in [-0.3, -0.25) is 0 Å². The molecule has 4 nitrogen and oxygen atoms in total. The predicted octanol–water partition coefficient (Wildman–Crippen LogP) is 2.85. The highest BCUT2D eigenvalue weighted by atomic mass is 35.5. The van der Waals surface area contributed by atoms with Crippen molar-refractivity contribution < 1.29 is 4.74 Å². The molecule has 0 bridgehead atoms. The molecule has 0 aromatic carbocycles. The van der Waals surface area contributed by atoms with Crippen LogP contribution in [0.2, 0.25) is 5.02 Å². The number of nitrogens with one attached hydrogen (secondary N) is 1. The third kappa shape index (κ3) is 4.08. The fraction of sp³-hybridized carbons (Fsp3) is 0.667. The van der Waals surface area contributed by atoms with E-state index < -0.39 is 0 Å². The van der Waals surface area contributed by atoms with E-state index in [-0.39, 0.29) is 5.54 Å². The van der Waals surface area contributed by atoms with E-state index in [0.29, 0.717) is 11.1 Å². The zero-order valence-electron chi connectivity index (χ0n) is 12.7. The molecule has 1 N–H and O–H groups in total. The van der Waals surface area contributed by atoms with Gasteiger partial charge in [-0.2, -0.15) is 0 Å². The molecule has 1 fully saturated rings. The molecule has 20 heavy (non-hydrogen) atoms. The predicted molar refractivity (Wildman–Crippen MR) is 83.5 cm³/mol. The van der Waals surface area contributed by atoms with Gasteiger partial charge < -0.3 is 15.0 Å². The maximum Gasteiger partial charge on any atom is 0.128 e. The first kappa shape index (κ1) is 15.5. The van der Waals surface area contributed by atoms with E-state index in [4.69, 9.17) is 16.3 Å². The highest BCUT2D eigenvalue weighted by Gasteiger charge is 2.22. The van der Waals surface area contributed by atoms with Crippen LogP contribution in [0.3, 0.4) is 0 Å². The number of ether oxygens (including phenoxy) is 1. The molecule has 5 heteroatoms. The second kappa shape index (κ2) is 6.29. The number of pyridine rings is 1. The molecular formula is C15H24ClN3O. The molecule has 0 aliphatic carbocycles. The van der Waals surface area contributed by atoms with Crippen LogP contribution in [0.15, 0.2) is 12.3 Å². The lowest BCUT2D eigenvalue weighted by Gasteiger charge is -2.25. The molecule has 2 heterocycles. The Labute approximate surface area is 126 Å². The Morgan fingerprint density at radius 2 is 2.25 bits per heavy atom. The minimum absolute atomic E-state index is 0.0674. The molecule has 1 atom stereocenters. The minimum atomic E-state index is 0.0674. The molecule has 2 rings (SSSR count). The number of nitrogens with zero attached hydrogens (tertiary/aromatic N) is 2. The van der Waals surface area contributed by atoms with Gasteiger partial charge in [-0.25, -0.2) is 4.98 Å². The molecule has 112 valence electrons. The van der Waals surface area contributed by atoms with Crippen molar-refractivity contribution in [2.24, 2.45) is 0 Å². The number of anilines is 1. The van der Waals surface area contributed by atoms with E-state index in [1.807, 2.05) is 0 Å². The van der Waals surface area contributed by atoms with Gasteiger partial charge in [0.2, 0.25) is 0 Å². The molecule has 0 radical (unpaired) electrons. The Hall–Kier alpha value is -0.840. The van der Waals surface area contributed by atoms with Gasteiger partial charge in [0, 0.05) is 31.9 Å². The molecular weight excluding hydrogens is 274 g/mol. The van der Waals surface area contributed by atoms with Crippen molar-refractivity contribution in [3.63, 3.8) is 0 Å². The molecule has 1 saturated heterocycles. The van der Waals surface area contributed by atoms with Crippen LogP contribution in [0.25, 0.3) is 0 Å². The molecule has 1 unspecified atom stereocenters. The van der Waals surface area contributed by atoms with E-state index in [2.05, 4.69) is 49.1 Å². The highest BCUT2D eigenvalue weighted by molar-refractivity contribution is 6.31. The Morgan fingerprint density at radius 3 is 2.85 bits per heavy atom.